The van der Waals surface area contributed by atoms with Crippen molar-refractivity contribution >= 4 is 5.91 Å². The van der Waals surface area contributed by atoms with Crippen molar-refractivity contribution in [1.29, 1.82) is 0 Å². The van der Waals surface area contributed by atoms with Crippen molar-refractivity contribution in [3.63, 3.8) is 0 Å². The first-order valence-electron chi connectivity index (χ1n) is 9.44. The third kappa shape index (κ3) is 5.16. The van der Waals surface area contributed by atoms with Crippen LogP contribution < -0.4 is 5.32 Å². The van der Waals surface area contributed by atoms with E-state index in [1.807, 2.05) is 41.5 Å². The van der Waals surface area contributed by atoms with Crippen LogP contribution in [0.2, 0.25) is 0 Å². The molecule has 0 bridgehead atoms. The molecule has 1 saturated heterocycles. The Morgan fingerprint density at radius 2 is 1.72 bits per heavy atom. The van der Waals surface area contributed by atoms with Gasteiger partial charge in [0.1, 0.15) is 18.3 Å². The molecule has 1 heterocycles. The van der Waals surface area contributed by atoms with E-state index in [0.29, 0.717) is 0 Å². The Labute approximate surface area is 152 Å². The van der Waals surface area contributed by atoms with E-state index in [4.69, 9.17) is 9.47 Å². The Bertz CT molecular complexity index is 436. The molecule has 1 fully saturated rings. The zero-order valence-electron chi connectivity index (χ0n) is 16.8. The monoisotopic (exact) mass is 359 g/mol. The fourth-order valence-corrected chi connectivity index (χ4v) is 3.26. The highest BCUT2D eigenvalue weighted by Crippen LogP contribution is 2.38. The first-order valence-corrected chi connectivity index (χ1v) is 9.44. The molecule has 6 nitrogen and oxygen atoms in total. The summed E-state index contributed by atoms with van der Waals surface area (Å²) in [5.41, 5.74) is -0.693. The van der Waals surface area contributed by atoms with E-state index < -0.39 is 36.1 Å². The summed E-state index contributed by atoms with van der Waals surface area (Å²) < 4.78 is 12.4. The SMILES string of the molecule is CCC(C)(CC)OC1C(CO)OC(C(C)(C)CC)C(NC(C)=O)C1O. The second-order valence-corrected chi connectivity index (χ2v) is 8.08. The largest absolute Gasteiger partial charge is 0.394 e. The summed E-state index contributed by atoms with van der Waals surface area (Å²) in [5.74, 6) is -0.223. The number of carbonyl (C=O) groups is 1. The lowest BCUT2D eigenvalue weighted by atomic mass is 9.75. The summed E-state index contributed by atoms with van der Waals surface area (Å²) >= 11 is 0. The third-order valence-corrected chi connectivity index (χ3v) is 5.87. The van der Waals surface area contributed by atoms with Crippen molar-refractivity contribution in [2.24, 2.45) is 5.41 Å². The zero-order valence-corrected chi connectivity index (χ0v) is 16.8. The molecule has 1 rings (SSSR count). The number of amides is 1. The lowest BCUT2D eigenvalue weighted by molar-refractivity contribution is -0.257. The molecular weight excluding hydrogens is 322 g/mol. The summed E-state index contributed by atoms with van der Waals surface area (Å²) in [7, 11) is 0. The van der Waals surface area contributed by atoms with Crippen LogP contribution in [0.4, 0.5) is 0 Å². The number of aliphatic hydroxyl groups is 2. The molecule has 25 heavy (non-hydrogen) atoms. The van der Waals surface area contributed by atoms with Crippen LogP contribution in [-0.4, -0.2) is 58.8 Å². The van der Waals surface area contributed by atoms with Gasteiger partial charge in [0.15, 0.2) is 0 Å². The number of hydrogen-bond acceptors (Lipinski definition) is 5. The van der Waals surface area contributed by atoms with Crippen LogP contribution in [0.25, 0.3) is 0 Å². The van der Waals surface area contributed by atoms with Gasteiger partial charge in [-0.3, -0.25) is 4.79 Å². The maximum atomic E-state index is 11.7. The smallest absolute Gasteiger partial charge is 0.217 e. The molecule has 5 unspecified atom stereocenters. The Morgan fingerprint density at radius 1 is 1.16 bits per heavy atom. The fraction of sp³-hybridized carbons (Fsp3) is 0.947. The first-order chi connectivity index (χ1) is 11.5. The van der Waals surface area contributed by atoms with Gasteiger partial charge in [-0.25, -0.2) is 0 Å². The molecule has 0 spiro atoms. The van der Waals surface area contributed by atoms with Gasteiger partial charge in [0.25, 0.3) is 0 Å². The van der Waals surface area contributed by atoms with Crippen LogP contribution in [0.15, 0.2) is 0 Å². The van der Waals surface area contributed by atoms with Gasteiger partial charge in [-0.15, -0.1) is 0 Å². The Kier molecular flexibility index (Phi) is 7.87. The molecule has 3 N–H and O–H groups in total. The highest BCUT2D eigenvalue weighted by Gasteiger charge is 2.51. The summed E-state index contributed by atoms with van der Waals surface area (Å²) in [5, 5.41) is 23.7. The topological polar surface area (TPSA) is 88.0 Å². The third-order valence-electron chi connectivity index (χ3n) is 5.87. The van der Waals surface area contributed by atoms with E-state index in [1.54, 1.807) is 0 Å². The zero-order chi connectivity index (χ0) is 19.4. The molecule has 1 aliphatic heterocycles. The van der Waals surface area contributed by atoms with Crippen molar-refractivity contribution < 1.29 is 24.5 Å². The average molecular weight is 360 g/mol. The molecule has 1 aliphatic rings. The number of carbonyl (C=O) groups excluding carboxylic acids is 1. The minimum absolute atomic E-state index is 0.223. The first kappa shape index (κ1) is 22.4. The minimum Gasteiger partial charge on any atom is -0.394 e. The Hall–Kier alpha value is -0.690. The van der Waals surface area contributed by atoms with Gasteiger partial charge in [0.05, 0.1) is 24.4 Å². The van der Waals surface area contributed by atoms with Crippen LogP contribution in [0.5, 0.6) is 0 Å². The van der Waals surface area contributed by atoms with Gasteiger partial charge < -0.3 is 25.0 Å². The molecule has 0 aromatic heterocycles. The highest BCUT2D eigenvalue weighted by molar-refractivity contribution is 5.73. The summed E-state index contributed by atoms with van der Waals surface area (Å²) in [6.45, 7) is 13.4. The molecule has 0 radical (unpaired) electrons. The summed E-state index contributed by atoms with van der Waals surface area (Å²) in [6, 6.07) is -0.585. The van der Waals surface area contributed by atoms with Gasteiger partial charge >= 0.3 is 0 Å². The second kappa shape index (κ2) is 8.80. The van der Waals surface area contributed by atoms with Crippen molar-refractivity contribution in [3.05, 3.63) is 0 Å². The van der Waals surface area contributed by atoms with Gasteiger partial charge in [-0.1, -0.05) is 34.6 Å². The highest BCUT2D eigenvalue weighted by atomic mass is 16.6. The Balaban J connectivity index is 3.19. The average Bonchev–Trinajstić information content (AvgIpc) is 2.57. The van der Waals surface area contributed by atoms with Gasteiger partial charge in [0, 0.05) is 6.92 Å². The van der Waals surface area contributed by atoms with E-state index in [9.17, 15) is 15.0 Å². The number of aliphatic hydroxyl groups excluding tert-OH is 2. The number of hydrogen-bond donors (Lipinski definition) is 3. The van der Waals surface area contributed by atoms with Crippen molar-refractivity contribution in [2.75, 3.05) is 6.61 Å². The maximum Gasteiger partial charge on any atom is 0.217 e. The Morgan fingerprint density at radius 3 is 2.12 bits per heavy atom. The molecule has 0 saturated carbocycles. The van der Waals surface area contributed by atoms with E-state index in [1.165, 1.54) is 6.92 Å². The van der Waals surface area contributed by atoms with Crippen LogP contribution in [-0.2, 0) is 14.3 Å². The molecule has 1 amide bonds. The number of ether oxygens (including phenoxy) is 2. The molecule has 0 aliphatic carbocycles. The lowest BCUT2D eigenvalue weighted by Crippen LogP contribution is -2.68. The number of rotatable bonds is 8. The molecule has 6 heteroatoms. The van der Waals surface area contributed by atoms with E-state index in [-0.39, 0.29) is 17.9 Å². The molecular formula is C19H37NO5. The minimum atomic E-state index is -0.956. The fourth-order valence-electron chi connectivity index (χ4n) is 3.26. The van der Waals surface area contributed by atoms with Gasteiger partial charge in [-0.2, -0.15) is 0 Å². The van der Waals surface area contributed by atoms with Gasteiger partial charge in [0.2, 0.25) is 5.91 Å². The molecule has 0 aromatic carbocycles. The van der Waals surface area contributed by atoms with Crippen molar-refractivity contribution in [3.8, 4) is 0 Å². The van der Waals surface area contributed by atoms with Crippen molar-refractivity contribution in [2.45, 2.75) is 104 Å². The predicted octanol–water partition coefficient (Wildman–Crippen LogP) is 2.01. The molecule has 5 atom stereocenters. The van der Waals surface area contributed by atoms with Gasteiger partial charge in [-0.05, 0) is 31.6 Å². The molecule has 0 aromatic rings. The molecule has 148 valence electrons. The van der Waals surface area contributed by atoms with Crippen LogP contribution in [0.1, 0.15) is 67.7 Å². The standard InChI is InChI=1S/C19H37NO5/c1-8-18(5,6)17-14(20-12(4)22)15(23)16(13(11-21)24-17)25-19(7,9-2)10-3/h13-17,21,23H,8-11H2,1-7H3,(H,20,22). The second-order valence-electron chi connectivity index (χ2n) is 8.08. The quantitative estimate of drug-likeness (QED) is 0.617. The predicted molar refractivity (Wildman–Crippen MR) is 97.3 cm³/mol. The van der Waals surface area contributed by atoms with Crippen LogP contribution >= 0.6 is 0 Å². The summed E-state index contributed by atoms with van der Waals surface area (Å²) in [6.07, 6.45) is -0.333. The van der Waals surface area contributed by atoms with E-state index in [2.05, 4.69) is 5.32 Å². The normalized spacial score (nSPS) is 31.0. The summed E-state index contributed by atoms with van der Waals surface area (Å²) in [4.78, 5) is 11.7. The maximum absolute atomic E-state index is 11.7. The van der Waals surface area contributed by atoms with E-state index in [0.717, 1.165) is 19.3 Å². The van der Waals surface area contributed by atoms with E-state index >= 15 is 0 Å². The van der Waals surface area contributed by atoms with Crippen LogP contribution in [0, 0.1) is 5.41 Å². The van der Waals surface area contributed by atoms with Crippen LogP contribution in [0.3, 0.4) is 0 Å². The number of nitrogens with one attached hydrogen (secondary N) is 1. The van der Waals surface area contributed by atoms with Crippen molar-refractivity contribution in [1.82, 2.24) is 5.32 Å². The lowest BCUT2D eigenvalue weighted by Gasteiger charge is -2.51.